The second kappa shape index (κ2) is 14.2. The van der Waals surface area contributed by atoms with Crippen LogP contribution in [0.3, 0.4) is 0 Å². The van der Waals surface area contributed by atoms with Gasteiger partial charge in [-0.3, -0.25) is 19.1 Å². The van der Waals surface area contributed by atoms with E-state index in [2.05, 4.69) is 26.2 Å². The number of nitrogens with zero attached hydrogens (tertiary/aromatic N) is 3. The van der Waals surface area contributed by atoms with Gasteiger partial charge < -0.3 is 24.7 Å². The molecule has 1 aliphatic heterocycles. The van der Waals surface area contributed by atoms with Crippen molar-refractivity contribution in [2.45, 2.75) is 39.7 Å². The van der Waals surface area contributed by atoms with E-state index in [0.717, 1.165) is 54.4 Å². The van der Waals surface area contributed by atoms with Gasteiger partial charge in [-0.05, 0) is 57.5 Å². The first-order valence-corrected chi connectivity index (χ1v) is 14.3. The molecule has 0 unspecified atom stereocenters. The van der Waals surface area contributed by atoms with E-state index in [0.29, 0.717) is 48.6 Å². The quantitative estimate of drug-likeness (QED) is 0.303. The average molecular weight is 572 g/mol. The number of anilines is 1. The van der Waals surface area contributed by atoms with Gasteiger partial charge in [-0.2, -0.15) is 0 Å². The summed E-state index contributed by atoms with van der Waals surface area (Å²) in [5.41, 5.74) is 0.610. The molecule has 216 valence electrons. The number of amides is 1. The largest absolute Gasteiger partial charge is 0.490 e. The minimum Gasteiger partial charge on any atom is -0.490 e. The lowest BCUT2D eigenvalue weighted by atomic mass is 10.2. The van der Waals surface area contributed by atoms with Crippen LogP contribution in [0.5, 0.6) is 11.5 Å². The molecule has 2 aromatic carbocycles. The molecular weight excluding hydrogens is 534 g/mol. The number of ether oxygens (including phenoxy) is 2. The van der Waals surface area contributed by atoms with Crippen LogP contribution >= 0.6 is 11.6 Å². The predicted octanol–water partition coefficient (Wildman–Crippen LogP) is 3.25. The molecule has 1 saturated heterocycles. The first-order chi connectivity index (χ1) is 19.4. The number of H-pyrrole nitrogens is 1. The van der Waals surface area contributed by atoms with Gasteiger partial charge in [-0.15, -0.1) is 0 Å². The molecule has 2 N–H and O–H groups in total. The Morgan fingerprint density at radius 3 is 2.40 bits per heavy atom. The van der Waals surface area contributed by atoms with Crippen molar-refractivity contribution in [2.75, 3.05) is 57.4 Å². The molecule has 3 aromatic rings. The number of nitrogens with one attached hydrogen (secondary N) is 2. The third kappa shape index (κ3) is 7.57. The highest BCUT2D eigenvalue weighted by Crippen LogP contribution is 2.30. The Hall–Kier alpha value is -3.50. The monoisotopic (exact) mass is 571 g/mol. The Labute approximate surface area is 238 Å². The van der Waals surface area contributed by atoms with Crippen LogP contribution in [0.2, 0.25) is 5.02 Å². The summed E-state index contributed by atoms with van der Waals surface area (Å²) >= 11 is 6.12. The number of fused-ring (bicyclic) bond motifs is 1. The Balaban J connectivity index is 1.21. The summed E-state index contributed by atoms with van der Waals surface area (Å²) in [6, 6.07) is 11.2. The van der Waals surface area contributed by atoms with Crippen LogP contribution in [0.25, 0.3) is 10.9 Å². The zero-order valence-corrected chi connectivity index (χ0v) is 24.0. The second-order valence-corrected chi connectivity index (χ2v) is 10.1. The second-order valence-electron chi connectivity index (χ2n) is 9.71. The van der Waals surface area contributed by atoms with Gasteiger partial charge in [0, 0.05) is 62.5 Å². The maximum absolute atomic E-state index is 13.1. The number of carbonyl (C=O) groups is 1. The summed E-state index contributed by atoms with van der Waals surface area (Å²) in [4.78, 5) is 45.5. The van der Waals surface area contributed by atoms with E-state index < -0.39 is 11.2 Å². The van der Waals surface area contributed by atoms with Gasteiger partial charge in [0.2, 0.25) is 5.91 Å². The van der Waals surface area contributed by atoms with Crippen molar-refractivity contribution >= 4 is 34.1 Å². The summed E-state index contributed by atoms with van der Waals surface area (Å²) in [6.07, 6.45) is 1.47. The zero-order chi connectivity index (χ0) is 28.5. The minimum absolute atomic E-state index is 0.0870. The number of aromatic amines is 1. The number of hydrogen-bond acceptors (Lipinski definition) is 7. The lowest BCUT2D eigenvalue weighted by Gasteiger charge is -2.36. The molecule has 0 aliphatic carbocycles. The molecule has 40 heavy (non-hydrogen) atoms. The molecule has 0 saturated carbocycles. The van der Waals surface area contributed by atoms with E-state index in [9.17, 15) is 14.4 Å². The van der Waals surface area contributed by atoms with Crippen molar-refractivity contribution in [3.8, 4) is 11.5 Å². The fraction of sp³-hybridized carbons (Fsp3) is 0.483. The van der Waals surface area contributed by atoms with Gasteiger partial charge in [0.25, 0.3) is 5.56 Å². The number of benzene rings is 2. The van der Waals surface area contributed by atoms with Crippen LogP contribution in [-0.4, -0.2) is 72.8 Å². The van der Waals surface area contributed by atoms with Crippen LogP contribution < -0.4 is 30.9 Å². The molecule has 1 aliphatic rings. The third-order valence-corrected chi connectivity index (χ3v) is 7.19. The normalized spacial score (nSPS) is 13.9. The molecule has 2 heterocycles. The van der Waals surface area contributed by atoms with E-state index in [1.807, 2.05) is 32.0 Å². The first kappa shape index (κ1) is 29.5. The topological polar surface area (TPSA) is 109 Å². The maximum atomic E-state index is 13.1. The predicted molar refractivity (Wildman–Crippen MR) is 158 cm³/mol. The lowest BCUT2D eigenvalue weighted by Crippen LogP contribution is -2.47. The molecule has 0 spiro atoms. The number of halogens is 1. The van der Waals surface area contributed by atoms with E-state index >= 15 is 0 Å². The van der Waals surface area contributed by atoms with Crippen LogP contribution in [0.1, 0.15) is 33.1 Å². The van der Waals surface area contributed by atoms with E-state index in [1.54, 1.807) is 12.1 Å². The first-order valence-electron chi connectivity index (χ1n) is 14.0. The van der Waals surface area contributed by atoms with Crippen molar-refractivity contribution < 1.29 is 14.3 Å². The number of rotatable bonds is 13. The number of carbonyl (C=O) groups excluding carboxylic acids is 1. The lowest BCUT2D eigenvalue weighted by molar-refractivity contribution is -0.121. The van der Waals surface area contributed by atoms with Gasteiger partial charge in [0.05, 0.1) is 24.1 Å². The van der Waals surface area contributed by atoms with Crippen molar-refractivity contribution in [3.63, 3.8) is 0 Å². The Bertz CT molecular complexity index is 1410. The molecule has 1 fully saturated rings. The molecule has 4 rings (SSSR count). The highest BCUT2D eigenvalue weighted by Gasteiger charge is 2.17. The maximum Gasteiger partial charge on any atom is 0.328 e. The highest BCUT2D eigenvalue weighted by molar-refractivity contribution is 6.30. The van der Waals surface area contributed by atoms with Gasteiger partial charge in [0.15, 0.2) is 11.5 Å². The SMILES string of the molecule is CCOc1cc2[nH]c(=O)n(CCCC(=O)NCCCN3CCN(c4cccc(Cl)c4)CC3)c(=O)c2cc1OCC. The number of piperazine rings is 1. The van der Waals surface area contributed by atoms with Gasteiger partial charge in [-0.1, -0.05) is 17.7 Å². The highest BCUT2D eigenvalue weighted by atomic mass is 35.5. The van der Waals surface area contributed by atoms with Crippen LogP contribution in [0.15, 0.2) is 46.0 Å². The standard InChI is InChI=1S/C29H38ClN5O5/c1-3-39-25-19-23-24(20-26(25)40-4-2)32-29(38)35(28(23)37)13-6-10-27(36)31-11-7-12-33-14-16-34(17-15-33)22-9-5-8-21(30)18-22/h5,8-9,18-20H,3-4,6-7,10-17H2,1-2H3,(H,31,36)(H,32,38). The molecule has 11 heteroatoms. The number of hydrogen-bond donors (Lipinski definition) is 2. The molecule has 0 atom stereocenters. The fourth-order valence-corrected chi connectivity index (χ4v) is 5.10. The molecule has 0 radical (unpaired) electrons. The summed E-state index contributed by atoms with van der Waals surface area (Å²) in [5, 5.41) is 4.04. The molecule has 1 amide bonds. The molecule has 0 bridgehead atoms. The van der Waals surface area contributed by atoms with Crippen LogP contribution in [0, 0.1) is 0 Å². The van der Waals surface area contributed by atoms with E-state index in [-0.39, 0.29) is 18.9 Å². The Kier molecular flexibility index (Phi) is 10.5. The average Bonchev–Trinajstić information content (AvgIpc) is 2.94. The Morgan fingerprint density at radius 2 is 1.70 bits per heavy atom. The minimum atomic E-state index is -0.514. The Morgan fingerprint density at radius 1 is 0.975 bits per heavy atom. The van der Waals surface area contributed by atoms with Crippen LogP contribution in [0.4, 0.5) is 5.69 Å². The molecular formula is C29H38ClN5O5. The van der Waals surface area contributed by atoms with Gasteiger partial charge in [-0.25, -0.2) is 4.79 Å². The zero-order valence-electron chi connectivity index (χ0n) is 23.2. The van der Waals surface area contributed by atoms with Gasteiger partial charge >= 0.3 is 5.69 Å². The summed E-state index contributed by atoms with van der Waals surface area (Å²) in [7, 11) is 0. The summed E-state index contributed by atoms with van der Waals surface area (Å²) in [5.74, 6) is 0.840. The number of aromatic nitrogens is 2. The van der Waals surface area contributed by atoms with Crippen LogP contribution in [-0.2, 0) is 11.3 Å². The third-order valence-electron chi connectivity index (χ3n) is 6.95. The summed E-state index contributed by atoms with van der Waals surface area (Å²) < 4.78 is 12.3. The summed E-state index contributed by atoms with van der Waals surface area (Å²) in [6.45, 7) is 10.0. The molecule has 10 nitrogen and oxygen atoms in total. The van der Waals surface area contributed by atoms with Gasteiger partial charge in [0.1, 0.15) is 0 Å². The van der Waals surface area contributed by atoms with Crippen molar-refractivity contribution in [2.24, 2.45) is 0 Å². The van der Waals surface area contributed by atoms with E-state index in [4.69, 9.17) is 21.1 Å². The molecule has 1 aromatic heterocycles. The van der Waals surface area contributed by atoms with Crippen molar-refractivity contribution in [1.82, 2.24) is 19.8 Å². The van der Waals surface area contributed by atoms with E-state index in [1.165, 1.54) is 0 Å². The fourth-order valence-electron chi connectivity index (χ4n) is 4.92. The van der Waals surface area contributed by atoms with Crippen molar-refractivity contribution in [3.05, 3.63) is 62.3 Å². The van der Waals surface area contributed by atoms with Crippen molar-refractivity contribution in [1.29, 1.82) is 0 Å². The smallest absolute Gasteiger partial charge is 0.328 e.